The van der Waals surface area contributed by atoms with Gasteiger partial charge in [0.25, 0.3) is 5.91 Å². The summed E-state index contributed by atoms with van der Waals surface area (Å²) in [6, 6.07) is 14.0. The molecule has 0 saturated carbocycles. The molecule has 0 unspecified atom stereocenters. The maximum Gasteiger partial charge on any atom is 0.272 e. The fourth-order valence-corrected chi connectivity index (χ4v) is 2.49. The average Bonchev–Trinajstić information content (AvgIpc) is 2.61. The number of benzene rings is 1. The van der Waals surface area contributed by atoms with E-state index in [4.69, 9.17) is 0 Å². The summed E-state index contributed by atoms with van der Waals surface area (Å²) in [5.41, 5.74) is 2.61. The van der Waals surface area contributed by atoms with E-state index in [1.807, 2.05) is 37.4 Å². The van der Waals surface area contributed by atoms with Crippen LogP contribution >= 0.6 is 0 Å². The molecule has 1 amide bonds. The third kappa shape index (κ3) is 4.31. The van der Waals surface area contributed by atoms with Crippen molar-refractivity contribution in [1.82, 2.24) is 9.88 Å². The number of unbranched alkanes of at least 4 members (excludes halogenated alkanes) is 1. The third-order valence-electron chi connectivity index (χ3n) is 3.86. The van der Waals surface area contributed by atoms with Crippen molar-refractivity contribution in [2.45, 2.75) is 26.7 Å². The summed E-state index contributed by atoms with van der Waals surface area (Å²) in [5.74, 6) is -0.0206. The standard InChI is InChI=1S/C19H25N3O/c1-4-6-14-21(3)19(23)18-13-12-17(15-20-18)22(5-2)16-10-8-7-9-11-16/h7-13,15H,4-6,14H2,1-3H3. The average molecular weight is 311 g/mol. The van der Waals surface area contributed by atoms with E-state index in [0.29, 0.717) is 5.69 Å². The van der Waals surface area contributed by atoms with Gasteiger partial charge in [0.1, 0.15) is 5.69 Å². The minimum atomic E-state index is -0.0206. The molecule has 4 heteroatoms. The highest BCUT2D eigenvalue weighted by Crippen LogP contribution is 2.24. The van der Waals surface area contributed by atoms with Crippen LogP contribution in [0.3, 0.4) is 0 Å². The van der Waals surface area contributed by atoms with Crippen LogP contribution in [0, 0.1) is 0 Å². The summed E-state index contributed by atoms with van der Waals surface area (Å²) in [6.45, 7) is 5.83. The molecule has 0 fully saturated rings. The Labute approximate surface area is 138 Å². The van der Waals surface area contributed by atoms with Gasteiger partial charge in [0.05, 0.1) is 11.9 Å². The van der Waals surface area contributed by atoms with Crippen LogP contribution in [-0.2, 0) is 0 Å². The largest absolute Gasteiger partial charge is 0.341 e. The number of aromatic nitrogens is 1. The lowest BCUT2D eigenvalue weighted by molar-refractivity contribution is 0.0787. The lowest BCUT2D eigenvalue weighted by Crippen LogP contribution is -2.28. The van der Waals surface area contributed by atoms with E-state index in [0.717, 1.165) is 37.3 Å². The number of hydrogen-bond acceptors (Lipinski definition) is 3. The Balaban J connectivity index is 2.13. The van der Waals surface area contributed by atoms with E-state index in [9.17, 15) is 4.79 Å². The van der Waals surface area contributed by atoms with Gasteiger partial charge in [-0.15, -0.1) is 0 Å². The number of para-hydroxylation sites is 1. The molecule has 1 aromatic heterocycles. The van der Waals surface area contributed by atoms with Gasteiger partial charge >= 0.3 is 0 Å². The summed E-state index contributed by atoms with van der Waals surface area (Å²) < 4.78 is 0. The Kier molecular flexibility index (Phi) is 6.15. The van der Waals surface area contributed by atoms with E-state index < -0.39 is 0 Å². The number of rotatable bonds is 7. The molecule has 0 aliphatic heterocycles. The molecule has 0 aliphatic carbocycles. The Morgan fingerprint density at radius 3 is 2.35 bits per heavy atom. The smallest absolute Gasteiger partial charge is 0.272 e. The molecular formula is C19H25N3O. The first kappa shape index (κ1) is 17.0. The zero-order chi connectivity index (χ0) is 16.7. The first-order valence-electron chi connectivity index (χ1n) is 8.21. The van der Waals surface area contributed by atoms with Gasteiger partial charge in [-0.05, 0) is 37.6 Å². The maximum absolute atomic E-state index is 12.3. The monoisotopic (exact) mass is 311 g/mol. The van der Waals surface area contributed by atoms with E-state index in [2.05, 4.69) is 35.9 Å². The summed E-state index contributed by atoms with van der Waals surface area (Å²) in [6.07, 6.45) is 3.86. The molecule has 4 nitrogen and oxygen atoms in total. The molecule has 0 saturated heterocycles. The minimum Gasteiger partial charge on any atom is -0.341 e. The maximum atomic E-state index is 12.3. The minimum absolute atomic E-state index is 0.0206. The second-order valence-electron chi connectivity index (χ2n) is 5.56. The van der Waals surface area contributed by atoms with Crippen molar-refractivity contribution in [2.24, 2.45) is 0 Å². The topological polar surface area (TPSA) is 36.4 Å². The Morgan fingerprint density at radius 2 is 1.78 bits per heavy atom. The van der Waals surface area contributed by atoms with Crippen molar-refractivity contribution in [2.75, 3.05) is 25.0 Å². The highest BCUT2D eigenvalue weighted by atomic mass is 16.2. The molecule has 0 spiro atoms. The molecule has 0 radical (unpaired) electrons. The number of hydrogen-bond donors (Lipinski definition) is 0. The second-order valence-corrected chi connectivity index (χ2v) is 5.56. The van der Waals surface area contributed by atoms with Gasteiger partial charge in [-0.2, -0.15) is 0 Å². The summed E-state index contributed by atoms with van der Waals surface area (Å²) >= 11 is 0. The fraction of sp³-hybridized carbons (Fsp3) is 0.368. The molecule has 2 rings (SSSR count). The summed E-state index contributed by atoms with van der Waals surface area (Å²) in [7, 11) is 1.83. The van der Waals surface area contributed by atoms with Gasteiger partial charge in [0, 0.05) is 25.8 Å². The fourth-order valence-electron chi connectivity index (χ4n) is 2.49. The molecular weight excluding hydrogens is 286 g/mol. The molecule has 0 bridgehead atoms. The summed E-state index contributed by atoms with van der Waals surface area (Å²) in [4.78, 5) is 20.6. The molecule has 0 N–H and O–H groups in total. The Morgan fingerprint density at radius 1 is 1.04 bits per heavy atom. The van der Waals surface area contributed by atoms with Gasteiger partial charge in [-0.1, -0.05) is 31.5 Å². The van der Waals surface area contributed by atoms with Crippen LogP contribution in [0.2, 0.25) is 0 Å². The molecule has 1 aromatic carbocycles. The van der Waals surface area contributed by atoms with E-state index >= 15 is 0 Å². The lowest BCUT2D eigenvalue weighted by Gasteiger charge is -2.23. The van der Waals surface area contributed by atoms with Crippen LogP contribution in [0.4, 0.5) is 11.4 Å². The van der Waals surface area contributed by atoms with Crippen LogP contribution in [0.25, 0.3) is 0 Å². The van der Waals surface area contributed by atoms with Gasteiger partial charge in [-0.25, -0.2) is 4.98 Å². The van der Waals surface area contributed by atoms with Crippen molar-refractivity contribution < 1.29 is 4.79 Å². The molecule has 2 aromatic rings. The molecule has 0 atom stereocenters. The number of amides is 1. The van der Waals surface area contributed by atoms with Gasteiger partial charge in [0.2, 0.25) is 0 Å². The number of anilines is 2. The SMILES string of the molecule is CCCCN(C)C(=O)c1ccc(N(CC)c2ccccc2)cn1. The van der Waals surface area contributed by atoms with Gasteiger partial charge < -0.3 is 9.80 Å². The Bertz CT molecular complexity index is 610. The van der Waals surface area contributed by atoms with Crippen LogP contribution in [-0.4, -0.2) is 35.9 Å². The number of pyridine rings is 1. The zero-order valence-electron chi connectivity index (χ0n) is 14.2. The van der Waals surface area contributed by atoms with Crippen LogP contribution in [0.5, 0.6) is 0 Å². The number of carbonyl (C=O) groups excluding carboxylic acids is 1. The highest BCUT2D eigenvalue weighted by Gasteiger charge is 2.14. The van der Waals surface area contributed by atoms with Crippen LogP contribution in [0.1, 0.15) is 37.2 Å². The third-order valence-corrected chi connectivity index (χ3v) is 3.86. The zero-order valence-corrected chi connectivity index (χ0v) is 14.2. The van der Waals surface area contributed by atoms with Crippen LogP contribution in [0.15, 0.2) is 48.7 Å². The first-order valence-corrected chi connectivity index (χ1v) is 8.21. The number of carbonyl (C=O) groups is 1. The van der Waals surface area contributed by atoms with E-state index in [1.54, 1.807) is 11.1 Å². The van der Waals surface area contributed by atoms with Gasteiger partial charge in [-0.3, -0.25) is 4.79 Å². The van der Waals surface area contributed by atoms with Crippen molar-refractivity contribution in [3.05, 3.63) is 54.4 Å². The summed E-state index contributed by atoms with van der Waals surface area (Å²) in [5, 5.41) is 0. The van der Waals surface area contributed by atoms with Crippen molar-refractivity contribution in [3.63, 3.8) is 0 Å². The van der Waals surface area contributed by atoms with Crippen molar-refractivity contribution in [3.8, 4) is 0 Å². The number of nitrogens with zero attached hydrogens (tertiary/aromatic N) is 3. The highest BCUT2D eigenvalue weighted by molar-refractivity contribution is 5.92. The van der Waals surface area contributed by atoms with Gasteiger partial charge in [0.15, 0.2) is 0 Å². The quantitative estimate of drug-likeness (QED) is 0.772. The van der Waals surface area contributed by atoms with E-state index in [1.165, 1.54) is 0 Å². The van der Waals surface area contributed by atoms with Crippen LogP contribution < -0.4 is 4.90 Å². The normalized spacial score (nSPS) is 10.4. The van der Waals surface area contributed by atoms with Crippen molar-refractivity contribution in [1.29, 1.82) is 0 Å². The van der Waals surface area contributed by atoms with E-state index in [-0.39, 0.29) is 5.91 Å². The molecule has 122 valence electrons. The predicted octanol–water partition coefficient (Wildman–Crippen LogP) is 4.11. The van der Waals surface area contributed by atoms with Crippen molar-refractivity contribution >= 4 is 17.3 Å². The lowest BCUT2D eigenvalue weighted by atomic mass is 10.2. The predicted molar refractivity (Wildman–Crippen MR) is 95.2 cm³/mol. The molecule has 0 aliphatic rings. The molecule has 23 heavy (non-hydrogen) atoms. The second kappa shape index (κ2) is 8.32. The first-order chi connectivity index (χ1) is 11.2. The molecule has 1 heterocycles. The Hall–Kier alpha value is -2.36.